The monoisotopic (exact) mass is 2440 g/mol. The molecule has 22 radical (unpaired) electrons. The Kier molecular flexibility index (Phi) is 375. The van der Waals surface area contributed by atoms with Gasteiger partial charge in [-0.05, 0) is 31.8 Å². The molecule has 56 heavy (non-hydrogen) atoms. The number of aldehydes is 1. The van der Waals surface area contributed by atoms with Crippen molar-refractivity contribution in [3.05, 3.63) is 77.7 Å². The number of aryl methyl sites for hydroxylation is 2. The number of carbonyl (C=O) groups is 2. The summed E-state index contributed by atoms with van der Waals surface area (Å²) in [5.41, 5.74) is 2.29. The average molecular weight is 2440 g/mol. The molecule has 0 saturated carbocycles. The number of alkyl halides is 2. The van der Waals surface area contributed by atoms with Gasteiger partial charge in [0.25, 0.3) is 0 Å². The van der Waals surface area contributed by atoms with Gasteiger partial charge >= 0.3 is 18.9 Å². The van der Waals surface area contributed by atoms with Crippen LogP contribution >= 0.6 is 12.5 Å². The molecule has 1 amide bonds. The number of rotatable bonds is 4. The standard InChI is InChI=1S/C8H6F2.C8H6O.C6H11NO.C4H9.CH4S.Li.22Y/c1-6-2-4-7(5-3-6)8(9)10;1-7-2-4-8(6-9)5-3-7;8-6-7-4-2-1-3-5-7;1-3-4-2;1-2;;;;;;;;;;;;;;;;;;;;;;;/h2-3,8H,1H3;2-3,6H,1H3;6H,1-5H2;1,3-4H2,2H3;2H,1H3;;;;;;;;;;;;;;;;;;;;;;;/q2*-2;;-1;;+1;;;;;;;;;;;;;;;;;;;;;;/i;;;;1D;;;;;;;;;;;;;;;;;;;;;;;/hT. The van der Waals surface area contributed by atoms with E-state index in [1.807, 2.05) is 18.7 Å². The molecule has 3 nitrogen and oxygen atoms in total. The molecule has 0 N–H and O–H groups in total. The molecule has 1 aliphatic rings. The van der Waals surface area contributed by atoms with Crippen LogP contribution < -0.4 is 18.9 Å². The van der Waals surface area contributed by atoms with Crippen molar-refractivity contribution in [2.45, 2.75) is 59.3 Å². The summed E-state index contributed by atoms with van der Waals surface area (Å²) in [5.74, 6) is 0. The van der Waals surface area contributed by atoms with Crippen LogP contribution in [0, 0.1) is 45.0 Å². The predicted octanol–water partition coefficient (Wildman–Crippen LogP) is 3.69. The van der Waals surface area contributed by atoms with E-state index >= 15 is 0 Å². The van der Waals surface area contributed by atoms with Crippen molar-refractivity contribution in [2.24, 2.45) is 0 Å². The van der Waals surface area contributed by atoms with Gasteiger partial charge in [0.1, 0.15) is 1.12 Å². The van der Waals surface area contributed by atoms with Gasteiger partial charge in [-0.3, -0.25) is 40.2 Å². The van der Waals surface area contributed by atoms with Crippen LogP contribution in [0.4, 0.5) is 8.78 Å². The molecule has 252 valence electrons. The van der Waals surface area contributed by atoms with E-state index in [0.717, 1.165) is 55.9 Å². The molecule has 0 aliphatic carbocycles. The Morgan fingerprint density at radius 3 is 1.14 bits per heavy atom. The first-order valence-corrected chi connectivity index (χ1v) is 11.3. The summed E-state index contributed by atoms with van der Waals surface area (Å²) in [6, 6.07) is 17.0. The molecule has 0 spiro atoms. The van der Waals surface area contributed by atoms with Crippen molar-refractivity contribution in [1.82, 2.24) is 4.90 Å². The summed E-state index contributed by atoms with van der Waals surface area (Å²) in [7, 11) is 0. The third kappa shape index (κ3) is 123. The van der Waals surface area contributed by atoms with Crippen LogP contribution in [0.2, 0.25) is 0 Å². The van der Waals surface area contributed by atoms with Crippen LogP contribution in [0.15, 0.2) is 24.3 Å². The Labute approximate surface area is 916 Å². The number of hydrogen-bond donors (Lipinski definition) is 1. The minimum absolute atomic E-state index is 0. The molecule has 0 bridgehead atoms. The van der Waals surface area contributed by atoms with Crippen LogP contribution in [0.1, 0.15) is 73.9 Å². The zero-order valence-electron chi connectivity index (χ0n) is 35.5. The molecule has 1 saturated heterocycles. The maximum absolute atomic E-state index is 11.8. The predicted molar refractivity (Wildman–Crippen MR) is 135 cm³/mol. The largest absolute Gasteiger partial charge is 1.00 e. The Bertz CT molecular complexity index is 796. The Morgan fingerprint density at radius 1 is 0.696 bits per heavy atom. The maximum atomic E-state index is 11.8. The summed E-state index contributed by atoms with van der Waals surface area (Å²) in [5, 5.41) is 0. The van der Waals surface area contributed by atoms with Gasteiger partial charge in [-0.2, -0.15) is 19.0 Å². The Morgan fingerprint density at radius 2 is 0.964 bits per heavy atom. The van der Waals surface area contributed by atoms with Crippen molar-refractivity contribution in [3.63, 3.8) is 0 Å². The molecule has 0 unspecified atom stereocenters. The van der Waals surface area contributed by atoms with Gasteiger partial charge in [-0.25, -0.2) is 32.0 Å². The first-order valence-electron chi connectivity index (χ1n) is 11.8. The number of likely N-dealkylation sites (tertiary alicyclic amines) is 1. The van der Waals surface area contributed by atoms with Crippen LogP contribution in [0.3, 0.4) is 0 Å². The number of unbranched alkanes of at least 4 members (excludes halogenated alkanes) is 1. The maximum Gasteiger partial charge on any atom is 1.00 e. The molecule has 1 heterocycles. The van der Waals surface area contributed by atoms with E-state index in [1.54, 1.807) is 12.1 Å². The van der Waals surface area contributed by atoms with Gasteiger partial charge in [0.05, 0.1) is 0 Å². The number of nitrogens with zero attached hydrogens (tertiary/aromatic N) is 1. The van der Waals surface area contributed by atoms with Gasteiger partial charge in [0.15, 0.2) is 0 Å². The number of carbonyl (C=O) groups excluding carboxylic acids is 2. The first-order chi connectivity index (χ1) is 16.8. The SMILES string of the molecule is Cc1c[c-]c(C(F)F)[c-]c1.Cc1c[c-]c(C=O)[c-]c1.O=CN1CCCCC1.[2H]CS[3H].[CH2-]CCC.[Li+].[Y].[Y].[Y].[Y].[Y].[Y].[Y].[Y].[Y].[Y].[Y].[Y].[Y].[Y].[Y].[Y].[Y].[Y].[Y].[Y].[Y].[Y]. The number of halogens is 2. The van der Waals surface area contributed by atoms with E-state index < -0.39 is 6.43 Å². The van der Waals surface area contributed by atoms with Gasteiger partial charge in [0.2, 0.25) is 12.8 Å². The van der Waals surface area contributed by atoms with Crippen LogP contribution in [-0.4, -0.2) is 38.0 Å². The second kappa shape index (κ2) is 137. The minimum Gasteiger partial charge on any atom is -0.411 e. The Hall–Kier alpha value is 22.7. The zero-order chi connectivity index (χ0) is 26.9. The number of hydrogen-bond acceptors (Lipinski definition) is 3. The molecule has 3 rings (SSSR count). The molecular formula is C27H36F2LiNO2SY22-4. The molecule has 0 atom stereocenters. The third-order valence-corrected chi connectivity index (χ3v) is 4.05. The summed E-state index contributed by atoms with van der Waals surface area (Å²) < 4.78 is 36.1. The van der Waals surface area contributed by atoms with Crippen LogP contribution in [0.25, 0.3) is 0 Å². The number of benzene rings is 2. The fourth-order valence-electron chi connectivity index (χ4n) is 2.15. The summed E-state index contributed by atoms with van der Waals surface area (Å²) >= 11 is 0.773. The summed E-state index contributed by atoms with van der Waals surface area (Å²) in [6.07, 6.45) is 5.33. The molecule has 2 aromatic rings. The van der Waals surface area contributed by atoms with Gasteiger partial charge < -0.3 is 28.8 Å². The second-order valence-corrected chi connectivity index (χ2v) is 6.94. The number of piperidine rings is 1. The van der Waals surface area contributed by atoms with Crippen LogP contribution in [-0.2, 0) is 724 Å². The molecule has 0 aromatic heterocycles. The molecule has 1 fully saturated rings. The van der Waals surface area contributed by atoms with Crippen molar-refractivity contribution in [2.75, 3.05) is 19.3 Å². The summed E-state index contributed by atoms with van der Waals surface area (Å²) in [4.78, 5) is 22.0. The third-order valence-electron chi connectivity index (χ3n) is 4.05. The van der Waals surface area contributed by atoms with Crippen molar-refractivity contribution in [3.8, 4) is 0 Å². The van der Waals surface area contributed by atoms with Gasteiger partial charge in [-0.1, -0.05) is 13.3 Å². The average Bonchev–Trinajstić information content (AvgIpc) is 2.91. The molecule has 2 aromatic carbocycles. The first kappa shape index (κ1) is 153. The van der Waals surface area contributed by atoms with Crippen molar-refractivity contribution >= 4 is 25.2 Å². The second-order valence-electron chi connectivity index (χ2n) is 6.94. The fourth-order valence-corrected chi connectivity index (χ4v) is 2.15. The van der Waals surface area contributed by atoms with Gasteiger partial charge in [-0.15, -0.1) is 13.8 Å². The molecule has 29 heteroatoms. The molecule has 1 aliphatic heterocycles. The molecular weight excluding hydrogens is 2400 g/mol. The topological polar surface area (TPSA) is 37.4 Å². The summed E-state index contributed by atoms with van der Waals surface area (Å²) in [6.45, 7) is 11.4. The van der Waals surface area contributed by atoms with Crippen molar-refractivity contribution in [1.29, 1.82) is 1.12 Å². The van der Waals surface area contributed by atoms with E-state index in [1.165, 1.54) is 37.8 Å². The van der Waals surface area contributed by atoms with Crippen LogP contribution in [0.5, 0.6) is 0 Å². The van der Waals surface area contributed by atoms with Crippen molar-refractivity contribution < 1.29 is 758 Å². The minimum atomic E-state index is -2.46. The van der Waals surface area contributed by atoms with E-state index in [4.69, 9.17) is 2.49 Å². The normalized spacial score (nSPS) is 7.38. The van der Waals surface area contributed by atoms with E-state index in [2.05, 4.69) is 38.1 Å². The number of thiol groups is 1. The smallest absolute Gasteiger partial charge is 0.411 e. The quantitative estimate of drug-likeness (QED) is 0.220. The van der Waals surface area contributed by atoms with E-state index in [9.17, 15) is 18.4 Å². The Balaban J connectivity index is -0.00000000951. The van der Waals surface area contributed by atoms with Gasteiger partial charge in [0, 0.05) is 734 Å². The number of amides is 1. The van der Waals surface area contributed by atoms with E-state index in [-0.39, 0.29) is 750 Å². The fraction of sp³-hybridized carbons (Fsp3) is 0.444. The zero-order valence-corrected chi connectivity index (χ0v) is 96.8. The van der Waals surface area contributed by atoms with E-state index in [0.29, 0.717) is 5.56 Å².